The number of hydrogen-bond donors (Lipinski definition) is 1. The van der Waals surface area contributed by atoms with Crippen molar-refractivity contribution in [1.29, 1.82) is 0 Å². The van der Waals surface area contributed by atoms with E-state index < -0.39 is 7.12 Å². The normalized spacial score (nSPS) is 13.3. The van der Waals surface area contributed by atoms with E-state index in [4.69, 9.17) is 16.3 Å². The van der Waals surface area contributed by atoms with Gasteiger partial charge in [-0.3, -0.25) is 4.79 Å². The number of carbonyl (C=O) groups is 1. The van der Waals surface area contributed by atoms with Crippen molar-refractivity contribution in [2.24, 2.45) is 0 Å². The van der Waals surface area contributed by atoms with Gasteiger partial charge in [0.25, 0.3) is 0 Å². The molecule has 0 saturated heterocycles. The highest BCUT2D eigenvalue weighted by Crippen LogP contribution is 2.22. The van der Waals surface area contributed by atoms with Crippen LogP contribution in [0.5, 0.6) is 0 Å². The van der Waals surface area contributed by atoms with Gasteiger partial charge in [-0.15, -0.1) is 0 Å². The summed E-state index contributed by atoms with van der Waals surface area (Å²) in [4.78, 5) is 12.3. The van der Waals surface area contributed by atoms with Crippen molar-refractivity contribution in [3.63, 3.8) is 0 Å². The zero-order valence-corrected chi connectivity index (χ0v) is 12.1. The van der Waals surface area contributed by atoms with Crippen molar-refractivity contribution >= 4 is 30.0 Å². The van der Waals surface area contributed by atoms with E-state index in [1.807, 2.05) is 30.3 Å². The Hall–Kier alpha value is -1.62. The number of hydrogen-bond acceptors (Lipinski definition) is 3. The lowest BCUT2D eigenvalue weighted by molar-refractivity contribution is 0.0983. The minimum absolute atomic E-state index is 0.0225. The van der Waals surface area contributed by atoms with Gasteiger partial charge in [-0.1, -0.05) is 41.9 Å². The molecule has 1 aliphatic rings. The van der Waals surface area contributed by atoms with E-state index in [1.54, 1.807) is 12.1 Å². The van der Waals surface area contributed by atoms with Gasteiger partial charge >= 0.3 is 7.12 Å². The van der Waals surface area contributed by atoms with E-state index in [-0.39, 0.29) is 5.78 Å². The quantitative estimate of drug-likeness (QED) is 0.696. The maximum absolute atomic E-state index is 12.3. The van der Waals surface area contributed by atoms with Crippen LogP contribution in [0.4, 0.5) is 0 Å². The highest BCUT2D eigenvalue weighted by atomic mass is 35.5. The molecule has 2 aromatic carbocycles. The van der Waals surface area contributed by atoms with Crippen molar-refractivity contribution < 1.29 is 14.5 Å². The molecule has 0 aromatic heterocycles. The monoisotopic (exact) mass is 300 g/mol. The van der Waals surface area contributed by atoms with E-state index in [0.29, 0.717) is 35.5 Å². The molecular formula is C16H14BClO3. The van der Waals surface area contributed by atoms with Gasteiger partial charge < -0.3 is 9.68 Å². The largest absolute Gasteiger partial charge is 0.491 e. The van der Waals surface area contributed by atoms with Gasteiger partial charge in [0, 0.05) is 12.0 Å². The van der Waals surface area contributed by atoms with E-state index >= 15 is 0 Å². The summed E-state index contributed by atoms with van der Waals surface area (Å²) in [5, 5.41) is 10.1. The van der Waals surface area contributed by atoms with Crippen molar-refractivity contribution in [2.75, 3.05) is 0 Å². The predicted octanol–water partition coefficient (Wildman–Crippen LogP) is 2.37. The van der Waals surface area contributed by atoms with Gasteiger partial charge in [0.05, 0.1) is 11.6 Å². The van der Waals surface area contributed by atoms with Crippen molar-refractivity contribution in [1.82, 2.24) is 0 Å². The lowest BCUT2D eigenvalue weighted by Gasteiger charge is -2.07. The Labute approximate surface area is 128 Å². The number of fused-ring (bicyclic) bond motifs is 1. The first-order valence-corrected chi connectivity index (χ1v) is 7.22. The minimum Gasteiger partial charge on any atom is -0.423 e. The number of Topliss-reactive ketones (excluding diaryl/α,β-unsaturated/α-hetero) is 1. The van der Waals surface area contributed by atoms with Gasteiger partial charge in [-0.2, -0.15) is 0 Å². The smallest absolute Gasteiger partial charge is 0.423 e. The first-order chi connectivity index (χ1) is 10.1. The molecule has 0 atom stereocenters. The molecule has 0 fully saturated rings. The lowest BCUT2D eigenvalue weighted by atomic mass is 9.78. The fourth-order valence-corrected chi connectivity index (χ4v) is 2.79. The average molecular weight is 301 g/mol. The molecule has 106 valence electrons. The highest BCUT2D eigenvalue weighted by molar-refractivity contribution is 6.61. The molecule has 0 radical (unpaired) electrons. The number of halogens is 1. The van der Waals surface area contributed by atoms with Gasteiger partial charge in [0.15, 0.2) is 5.78 Å². The highest BCUT2D eigenvalue weighted by Gasteiger charge is 2.29. The number of benzene rings is 2. The van der Waals surface area contributed by atoms with Gasteiger partial charge in [-0.05, 0) is 35.1 Å². The first-order valence-electron chi connectivity index (χ1n) is 6.84. The molecule has 1 heterocycles. The Bertz CT molecular complexity index is 673. The lowest BCUT2D eigenvalue weighted by Crippen LogP contribution is -2.29. The molecule has 1 N–H and O–H groups in total. The second-order valence-electron chi connectivity index (χ2n) is 5.10. The summed E-state index contributed by atoms with van der Waals surface area (Å²) in [6.07, 6.45) is 1.06. The summed E-state index contributed by atoms with van der Waals surface area (Å²) in [6, 6.07) is 13.2. The van der Waals surface area contributed by atoms with E-state index in [0.717, 1.165) is 11.1 Å². The van der Waals surface area contributed by atoms with E-state index in [9.17, 15) is 9.82 Å². The summed E-state index contributed by atoms with van der Waals surface area (Å²) in [6.45, 7) is 0.328. The molecule has 5 heteroatoms. The maximum atomic E-state index is 12.3. The van der Waals surface area contributed by atoms with Crippen LogP contribution in [0.2, 0.25) is 5.02 Å². The third-order valence-electron chi connectivity index (χ3n) is 3.68. The standard InChI is InChI=1S/C16H14BClO3/c18-15-8-12-10-21-17(20)14(12)9-13(15)16(19)7-6-11-4-2-1-3-5-11/h1-5,8-9,20H,6-7,10H2. The van der Waals surface area contributed by atoms with Crippen LogP contribution >= 0.6 is 11.6 Å². The summed E-state index contributed by atoms with van der Waals surface area (Å²) in [5.74, 6) is -0.0225. The molecule has 0 aliphatic carbocycles. The SMILES string of the molecule is O=C(CCc1ccccc1)c1cc2c(cc1Cl)COB2O. The third kappa shape index (κ3) is 3.03. The molecule has 3 nitrogen and oxygen atoms in total. The molecule has 0 amide bonds. The Kier molecular flexibility index (Phi) is 4.11. The van der Waals surface area contributed by atoms with Crippen LogP contribution < -0.4 is 5.46 Å². The van der Waals surface area contributed by atoms with Crippen LogP contribution in [0.3, 0.4) is 0 Å². The summed E-state index contributed by atoms with van der Waals surface area (Å²) < 4.78 is 5.13. The van der Waals surface area contributed by atoms with E-state index in [2.05, 4.69) is 0 Å². The molecule has 3 rings (SSSR count). The first kappa shape index (κ1) is 14.3. The average Bonchev–Trinajstić information content (AvgIpc) is 2.85. The van der Waals surface area contributed by atoms with Crippen molar-refractivity contribution in [2.45, 2.75) is 19.4 Å². The predicted molar refractivity (Wildman–Crippen MR) is 82.9 cm³/mol. The van der Waals surface area contributed by atoms with Crippen LogP contribution in [0.1, 0.15) is 27.9 Å². The molecule has 0 unspecified atom stereocenters. The van der Waals surface area contributed by atoms with Crippen molar-refractivity contribution in [3.05, 3.63) is 64.2 Å². The van der Waals surface area contributed by atoms with Gasteiger partial charge in [0.2, 0.25) is 0 Å². The van der Waals surface area contributed by atoms with Crippen LogP contribution in [0, 0.1) is 0 Å². The van der Waals surface area contributed by atoms with Gasteiger partial charge in [-0.25, -0.2) is 0 Å². The van der Waals surface area contributed by atoms with Crippen LogP contribution in [0.15, 0.2) is 42.5 Å². The summed E-state index contributed by atoms with van der Waals surface area (Å²) in [7, 11) is -0.960. The molecule has 0 saturated carbocycles. The second-order valence-corrected chi connectivity index (χ2v) is 5.51. The Morgan fingerprint density at radius 3 is 2.81 bits per heavy atom. The summed E-state index contributed by atoms with van der Waals surface area (Å²) in [5.41, 5.74) is 3.05. The van der Waals surface area contributed by atoms with Crippen LogP contribution in [-0.4, -0.2) is 17.9 Å². The molecule has 0 bridgehead atoms. The number of carbonyl (C=O) groups excluding carboxylic acids is 1. The minimum atomic E-state index is -0.960. The second kappa shape index (κ2) is 6.02. The Morgan fingerprint density at radius 1 is 1.29 bits per heavy atom. The molecular weight excluding hydrogens is 286 g/mol. The number of ketones is 1. The third-order valence-corrected chi connectivity index (χ3v) is 3.99. The van der Waals surface area contributed by atoms with Crippen LogP contribution in [0.25, 0.3) is 0 Å². The van der Waals surface area contributed by atoms with Crippen LogP contribution in [-0.2, 0) is 17.7 Å². The fraction of sp³-hybridized carbons (Fsp3) is 0.188. The maximum Gasteiger partial charge on any atom is 0.491 e. The fourth-order valence-electron chi connectivity index (χ4n) is 2.50. The molecule has 2 aromatic rings. The molecule has 1 aliphatic heterocycles. The number of rotatable bonds is 4. The zero-order chi connectivity index (χ0) is 14.8. The van der Waals surface area contributed by atoms with Crippen molar-refractivity contribution in [3.8, 4) is 0 Å². The Morgan fingerprint density at radius 2 is 2.05 bits per heavy atom. The number of aryl methyl sites for hydroxylation is 1. The van der Waals surface area contributed by atoms with Gasteiger partial charge in [0.1, 0.15) is 0 Å². The van der Waals surface area contributed by atoms with E-state index in [1.165, 1.54) is 0 Å². The zero-order valence-electron chi connectivity index (χ0n) is 11.4. The topological polar surface area (TPSA) is 46.5 Å². The molecule has 0 spiro atoms. The molecule has 21 heavy (non-hydrogen) atoms. The summed E-state index contributed by atoms with van der Waals surface area (Å²) >= 11 is 6.17. The Balaban J connectivity index is 1.77.